The predicted octanol–water partition coefficient (Wildman–Crippen LogP) is 2.36. The van der Waals surface area contributed by atoms with E-state index in [0.29, 0.717) is 6.54 Å². The zero-order valence-electron chi connectivity index (χ0n) is 8.26. The third-order valence-electron chi connectivity index (χ3n) is 2.81. The van der Waals surface area contributed by atoms with E-state index in [9.17, 15) is 4.39 Å². The third-order valence-corrected chi connectivity index (χ3v) is 2.81. The van der Waals surface area contributed by atoms with Crippen LogP contribution in [0, 0.1) is 11.7 Å². The highest BCUT2D eigenvalue weighted by atomic mass is 19.1. The molecular formula is C12H14FN. The van der Waals surface area contributed by atoms with Gasteiger partial charge in [-0.05, 0) is 36.1 Å². The van der Waals surface area contributed by atoms with Crippen LogP contribution < -0.4 is 5.73 Å². The van der Waals surface area contributed by atoms with Crippen LogP contribution in [0.15, 0.2) is 24.3 Å². The average molecular weight is 191 g/mol. The first kappa shape index (κ1) is 9.41. The number of halogens is 1. The van der Waals surface area contributed by atoms with Crippen molar-refractivity contribution in [2.45, 2.75) is 13.3 Å². The van der Waals surface area contributed by atoms with Crippen LogP contribution in [0.1, 0.15) is 18.1 Å². The zero-order valence-corrected chi connectivity index (χ0v) is 8.26. The molecule has 1 atom stereocenters. The van der Waals surface area contributed by atoms with Crippen LogP contribution in [0.3, 0.4) is 0 Å². The lowest BCUT2D eigenvalue weighted by Crippen LogP contribution is -2.12. The van der Waals surface area contributed by atoms with E-state index < -0.39 is 0 Å². The van der Waals surface area contributed by atoms with Gasteiger partial charge in [0.2, 0.25) is 0 Å². The molecule has 0 bridgehead atoms. The lowest BCUT2D eigenvalue weighted by atomic mass is 9.95. The summed E-state index contributed by atoms with van der Waals surface area (Å²) in [5, 5.41) is 0. The number of benzene rings is 1. The Labute approximate surface area is 83.4 Å². The summed E-state index contributed by atoms with van der Waals surface area (Å²) in [6.07, 6.45) is 2.93. The molecule has 0 amide bonds. The molecule has 2 heteroatoms. The van der Waals surface area contributed by atoms with Crippen molar-refractivity contribution in [2.24, 2.45) is 11.7 Å². The minimum atomic E-state index is -0.119. The van der Waals surface area contributed by atoms with E-state index in [-0.39, 0.29) is 11.7 Å². The van der Waals surface area contributed by atoms with Gasteiger partial charge in [0.05, 0.1) is 0 Å². The Morgan fingerprint density at radius 1 is 1.50 bits per heavy atom. The minimum Gasteiger partial charge on any atom is -0.330 e. The van der Waals surface area contributed by atoms with E-state index in [1.807, 2.05) is 13.0 Å². The maximum Gasteiger partial charge on any atom is 0.130 e. The first-order valence-electron chi connectivity index (χ1n) is 4.92. The normalized spacial score (nSPS) is 16.4. The van der Waals surface area contributed by atoms with Gasteiger partial charge in [-0.2, -0.15) is 0 Å². The van der Waals surface area contributed by atoms with Crippen molar-refractivity contribution in [3.63, 3.8) is 0 Å². The van der Waals surface area contributed by atoms with Crippen molar-refractivity contribution in [2.75, 3.05) is 6.54 Å². The Hall–Kier alpha value is -1.15. The summed E-state index contributed by atoms with van der Waals surface area (Å²) in [6.45, 7) is 2.60. The van der Waals surface area contributed by atoms with Crippen LogP contribution in [-0.2, 0) is 6.42 Å². The number of allylic oxidation sites excluding steroid dienone is 1. The maximum atomic E-state index is 13.6. The van der Waals surface area contributed by atoms with E-state index in [1.165, 1.54) is 6.07 Å². The highest BCUT2D eigenvalue weighted by molar-refractivity contribution is 5.74. The maximum absolute atomic E-state index is 13.6. The topological polar surface area (TPSA) is 26.0 Å². The lowest BCUT2D eigenvalue weighted by molar-refractivity contribution is 0.619. The molecule has 2 rings (SSSR count). The van der Waals surface area contributed by atoms with Crippen LogP contribution in [0.25, 0.3) is 5.57 Å². The molecule has 1 aromatic carbocycles. The molecule has 0 spiro atoms. The summed E-state index contributed by atoms with van der Waals surface area (Å²) in [7, 11) is 0. The van der Waals surface area contributed by atoms with Gasteiger partial charge in [0.1, 0.15) is 5.82 Å². The van der Waals surface area contributed by atoms with Crippen molar-refractivity contribution in [1.82, 2.24) is 0 Å². The number of rotatable bonds is 2. The van der Waals surface area contributed by atoms with E-state index in [0.717, 1.165) is 23.1 Å². The van der Waals surface area contributed by atoms with Crippen LogP contribution in [0.4, 0.5) is 4.39 Å². The van der Waals surface area contributed by atoms with Gasteiger partial charge in [-0.15, -0.1) is 0 Å². The molecule has 1 nitrogen and oxygen atoms in total. The Balaban J connectivity index is 2.45. The molecule has 0 saturated heterocycles. The van der Waals surface area contributed by atoms with Gasteiger partial charge in [-0.1, -0.05) is 25.1 Å². The summed E-state index contributed by atoms with van der Waals surface area (Å²) in [5.41, 5.74) is 8.53. The number of hydrogen-bond donors (Lipinski definition) is 1. The molecule has 14 heavy (non-hydrogen) atoms. The Morgan fingerprint density at radius 3 is 3.00 bits per heavy atom. The molecule has 1 aliphatic rings. The summed E-state index contributed by atoms with van der Waals surface area (Å²) in [4.78, 5) is 0. The molecule has 74 valence electrons. The first-order chi connectivity index (χ1) is 6.74. The molecule has 1 aliphatic carbocycles. The minimum absolute atomic E-state index is 0.119. The van der Waals surface area contributed by atoms with Gasteiger partial charge in [-0.3, -0.25) is 0 Å². The fraction of sp³-hybridized carbons (Fsp3) is 0.333. The zero-order chi connectivity index (χ0) is 10.1. The molecule has 1 unspecified atom stereocenters. The molecule has 2 N–H and O–H groups in total. The molecule has 0 fully saturated rings. The smallest absolute Gasteiger partial charge is 0.130 e. The standard InChI is InChI=1S/C12H14FN/c1-8(7-14)10-6-5-9-3-2-4-11(13)12(9)10/h2-4,6,8H,5,7,14H2,1H3. The van der Waals surface area contributed by atoms with Crippen molar-refractivity contribution >= 4 is 5.57 Å². The van der Waals surface area contributed by atoms with Crippen molar-refractivity contribution < 1.29 is 4.39 Å². The quantitative estimate of drug-likeness (QED) is 0.763. The first-order valence-corrected chi connectivity index (χ1v) is 4.92. The highest BCUT2D eigenvalue weighted by Crippen LogP contribution is 2.34. The fourth-order valence-electron chi connectivity index (χ4n) is 1.96. The molecule has 0 heterocycles. The summed E-state index contributed by atoms with van der Waals surface area (Å²) < 4.78 is 13.6. The predicted molar refractivity (Wildman–Crippen MR) is 56.3 cm³/mol. The van der Waals surface area contributed by atoms with Gasteiger partial charge in [0, 0.05) is 5.56 Å². The van der Waals surface area contributed by atoms with E-state index in [2.05, 4.69) is 6.08 Å². The molecular weight excluding hydrogens is 177 g/mol. The van der Waals surface area contributed by atoms with Crippen molar-refractivity contribution in [1.29, 1.82) is 0 Å². The third kappa shape index (κ3) is 1.36. The molecule has 0 aromatic heterocycles. The van der Waals surface area contributed by atoms with E-state index in [1.54, 1.807) is 6.07 Å². The summed E-state index contributed by atoms with van der Waals surface area (Å²) in [6, 6.07) is 5.25. The van der Waals surface area contributed by atoms with Gasteiger partial charge >= 0.3 is 0 Å². The Morgan fingerprint density at radius 2 is 2.29 bits per heavy atom. The average Bonchev–Trinajstić information content (AvgIpc) is 2.62. The Bertz CT molecular complexity index is 382. The van der Waals surface area contributed by atoms with Crippen molar-refractivity contribution in [3.05, 3.63) is 41.2 Å². The monoisotopic (exact) mass is 191 g/mol. The lowest BCUT2D eigenvalue weighted by Gasteiger charge is -2.12. The molecule has 0 radical (unpaired) electrons. The van der Waals surface area contributed by atoms with Gasteiger partial charge < -0.3 is 5.73 Å². The van der Waals surface area contributed by atoms with Crippen LogP contribution >= 0.6 is 0 Å². The van der Waals surface area contributed by atoms with Crippen LogP contribution in [0.5, 0.6) is 0 Å². The number of nitrogens with two attached hydrogens (primary N) is 1. The molecule has 0 aliphatic heterocycles. The molecule has 0 saturated carbocycles. The number of fused-ring (bicyclic) bond motifs is 1. The van der Waals surface area contributed by atoms with E-state index in [4.69, 9.17) is 5.73 Å². The van der Waals surface area contributed by atoms with Crippen molar-refractivity contribution in [3.8, 4) is 0 Å². The largest absolute Gasteiger partial charge is 0.330 e. The summed E-state index contributed by atoms with van der Waals surface area (Å²) in [5.74, 6) is 0.125. The second kappa shape index (κ2) is 3.54. The van der Waals surface area contributed by atoms with Crippen LogP contribution in [0.2, 0.25) is 0 Å². The molecule has 1 aromatic rings. The highest BCUT2D eigenvalue weighted by Gasteiger charge is 2.21. The van der Waals surface area contributed by atoms with Gasteiger partial charge in [-0.25, -0.2) is 4.39 Å². The summed E-state index contributed by atoms with van der Waals surface area (Å²) >= 11 is 0. The second-order valence-corrected chi connectivity index (χ2v) is 3.77. The second-order valence-electron chi connectivity index (χ2n) is 3.77. The van der Waals surface area contributed by atoms with Gasteiger partial charge in [0.25, 0.3) is 0 Å². The Kier molecular flexibility index (Phi) is 2.38. The number of hydrogen-bond acceptors (Lipinski definition) is 1. The SMILES string of the molecule is CC(CN)C1=CCc2cccc(F)c21. The fourth-order valence-corrected chi connectivity index (χ4v) is 1.96. The van der Waals surface area contributed by atoms with Gasteiger partial charge in [0.15, 0.2) is 0 Å². The van der Waals surface area contributed by atoms with Crippen LogP contribution in [-0.4, -0.2) is 6.54 Å². The van der Waals surface area contributed by atoms with E-state index >= 15 is 0 Å².